The molecule has 3 aromatic carbocycles. The van der Waals surface area contributed by atoms with Crippen molar-refractivity contribution in [2.24, 2.45) is 0 Å². The van der Waals surface area contributed by atoms with E-state index >= 15 is 0 Å². The summed E-state index contributed by atoms with van der Waals surface area (Å²) in [5, 5.41) is 0.682. The number of imidazole rings is 1. The molecule has 36 heavy (non-hydrogen) atoms. The largest absolute Gasteiger partial charge is 0.459 e. The Kier molecular flexibility index (Phi) is 5.79. The average Bonchev–Trinajstić information content (AvgIpc) is 3.35. The van der Waals surface area contributed by atoms with Crippen molar-refractivity contribution in [3.8, 4) is 6.01 Å². The number of carbonyl (C=O) groups excluding carboxylic acids is 2. The minimum atomic E-state index is -0.836. The highest BCUT2D eigenvalue weighted by atomic mass is 35.5. The van der Waals surface area contributed by atoms with Gasteiger partial charge in [-0.05, 0) is 36.4 Å². The quantitative estimate of drug-likeness (QED) is 0.336. The number of ether oxygens (including phenoxy) is 4. The van der Waals surface area contributed by atoms with Crippen LogP contribution in [0.5, 0.6) is 6.01 Å². The molecule has 1 aromatic heterocycles. The minimum Gasteiger partial charge on any atom is -0.459 e. The standard InChI is InChI=1S/C26H18Cl2N2O6/c27-16-11-18-19(12-17(16)28)30-23-22(35-25(32)15-9-5-2-6-10-15)21(36-26(30)29-18)20(34-23)13-33-24(31)14-7-3-1-4-8-14/h1-12,20-23H,13H2/t20-,21+,22+,23-/m0/s1. The van der Waals surface area contributed by atoms with E-state index in [1.807, 2.05) is 12.1 Å². The van der Waals surface area contributed by atoms with Crippen molar-refractivity contribution in [1.29, 1.82) is 0 Å². The molecular formula is C26H18Cl2N2O6. The van der Waals surface area contributed by atoms with Crippen LogP contribution in [0.3, 0.4) is 0 Å². The van der Waals surface area contributed by atoms with Gasteiger partial charge in [0.2, 0.25) is 0 Å². The van der Waals surface area contributed by atoms with Crippen molar-refractivity contribution in [3.63, 3.8) is 0 Å². The maximum absolute atomic E-state index is 12.9. The molecular weight excluding hydrogens is 507 g/mol. The molecule has 1 fully saturated rings. The molecule has 3 heterocycles. The first-order valence-electron chi connectivity index (χ1n) is 11.2. The highest BCUT2D eigenvalue weighted by Crippen LogP contribution is 2.44. The van der Waals surface area contributed by atoms with Crippen LogP contribution in [0.2, 0.25) is 10.0 Å². The van der Waals surface area contributed by atoms with Crippen LogP contribution in [-0.4, -0.2) is 46.4 Å². The molecule has 182 valence electrons. The van der Waals surface area contributed by atoms with E-state index in [4.69, 9.17) is 42.1 Å². The van der Waals surface area contributed by atoms with Crippen LogP contribution >= 0.6 is 23.2 Å². The number of carbonyl (C=O) groups is 2. The van der Waals surface area contributed by atoms with Gasteiger partial charge in [0.1, 0.15) is 12.7 Å². The van der Waals surface area contributed by atoms with Gasteiger partial charge in [-0.25, -0.2) is 9.59 Å². The topological polar surface area (TPSA) is 88.9 Å². The highest BCUT2D eigenvalue weighted by molar-refractivity contribution is 6.42. The first-order valence-corrected chi connectivity index (χ1v) is 11.9. The molecule has 2 aliphatic heterocycles. The zero-order valence-corrected chi connectivity index (χ0v) is 20.1. The summed E-state index contributed by atoms with van der Waals surface area (Å²) in [5.74, 6) is -1.03. The Balaban J connectivity index is 1.31. The molecule has 6 rings (SSSR count). The molecule has 1 saturated heterocycles. The normalized spacial score (nSPS) is 22.1. The predicted molar refractivity (Wildman–Crippen MR) is 130 cm³/mol. The summed E-state index contributed by atoms with van der Waals surface area (Å²) in [6.07, 6.45) is -3.09. The molecule has 4 aromatic rings. The summed E-state index contributed by atoms with van der Waals surface area (Å²) in [6, 6.07) is 20.8. The third-order valence-electron chi connectivity index (χ3n) is 6.12. The molecule has 2 bridgehead atoms. The van der Waals surface area contributed by atoms with Gasteiger partial charge >= 0.3 is 11.9 Å². The Morgan fingerprint density at radius 1 is 0.917 bits per heavy atom. The monoisotopic (exact) mass is 524 g/mol. The molecule has 0 radical (unpaired) electrons. The fourth-order valence-corrected chi connectivity index (χ4v) is 4.73. The number of hydrogen-bond acceptors (Lipinski definition) is 7. The van der Waals surface area contributed by atoms with Gasteiger partial charge in [0, 0.05) is 0 Å². The Morgan fingerprint density at radius 3 is 2.25 bits per heavy atom. The fraction of sp³-hybridized carbons (Fsp3) is 0.192. The van der Waals surface area contributed by atoms with Gasteiger partial charge in [-0.1, -0.05) is 59.6 Å². The van der Waals surface area contributed by atoms with Crippen LogP contribution < -0.4 is 4.74 Å². The summed E-state index contributed by atoms with van der Waals surface area (Å²) in [6.45, 7) is -0.108. The van der Waals surface area contributed by atoms with E-state index < -0.39 is 36.5 Å². The minimum absolute atomic E-state index is 0.108. The van der Waals surface area contributed by atoms with Gasteiger partial charge < -0.3 is 18.9 Å². The highest BCUT2D eigenvalue weighted by Gasteiger charge is 2.55. The Hall–Kier alpha value is -3.59. The van der Waals surface area contributed by atoms with Crippen LogP contribution in [0.25, 0.3) is 11.0 Å². The van der Waals surface area contributed by atoms with Crippen molar-refractivity contribution in [3.05, 3.63) is 94.0 Å². The van der Waals surface area contributed by atoms with Crippen LogP contribution in [0.4, 0.5) is 0 Å². The fourth-order valence-electron chi connectivity index (χ4n) is 4.42. The summed E-state index contributed by atoms with van der Waals surface area (Å²) in [7, 11) is 0. The van der Waals surface area contributed by atoms with E-state index in [2.05, 4.69) is 4.98 Å². The number of esters is 2. The zero-order valence-electron chi connectivity index (χ0n) is 18.5. The number of rotatable bonds is 5. The first kappa shape index (κ1) is 22.8. The van der Waals surface area contributed by atoms with E-state index in [1.54, 1.807) is 65.2 Å². The molecule has 2 aliphatic rings. The zero-order chi connectivity index (χ0) is 24.8. The Bertz CT molecular complexity index is 1460. The van der Waals surface area contributed by atoms with Crippen LogP contribution in [0.15, 0.2) is 72.8 Å². The van der Waals surface area contributed by atoms with E-state index in [-0.39, 0.29) is 12.6 Å². The molecule has 8 nitrogen and oxygen atoms in total. The van der Waals surface area contributed by atoms with Crippen molar-refractivity contribution < 1.29 is 28.5 Å². The van der Waals surface area contributed by atoms with Crippen molar-refractivity contribution in [1.82, 2.24) is 9.55 Å². The van der Waals surface area contributed by atoms with E-state index in [9.17, 15) is 9.59 Å². The van der Waals surface area contributed by atoms with Gasteiger partial charge in [-0.3, -0.25) is 4.57 Å². The molecule has 0 aliphatic carbocycles. The number of fused-ring (bicyclic) bond motifs is 6. The van der Waals surface area contributed by atoms with Gasteiger partial charge in [0.15, 0.2) is 18.4 Å². The lowest BCUT2D eigenvalue weighted by Gasteiger charge is -2.30. The maximum atomic E-state index is 12.9. The molecule has 10 heteroatoms. The second kappa shape index (κ2) is 9.13. The lowest BCUT2D eigenvalue weighted by atomic mass is 10.1. The van der Waals surface area contributed by atoms with E-state index in [0.29, 0.717) is 32.2 Å². The molecule has 0 saturated carbocycles. The van der Waals surface area contributed by atoms with E-state index in [0.717, 1.165) is 0 Å². The number of hydrogen-bond donors (Lipinski definition) is 0. The van der Waals surface area contributed by atoms with Crippen LogP contribution in [0.1, 0.15) is 26.9 Å². The molecule has 0 amide bonds. The number of halogens is 2. The second-order valence-electron chi connectivity index (χ2n) is 8.37. The molecule has 0 N–H and O–H groups in total. The predicted octanol–water partition coefficient (Wildman–Crippen LogP) is 5.08. The van der Waals surface area contributed by atoms with Crippen molar-refractivity contribution in [2.45, 2.75) is 24.5 Å². The summed E-state index contributed by atoms with van der Waals surface area (Å²) < 4.78 is 25.5. The van der Waals surface area contributed by atoms with Crippen LogP contribution in [0, 0.1) is 0 Å². The van der Waals surface area contributed by atoms with Crippen LogP contribution in [-0.2, 0) is 14.2 Å². The molecule has 0 spiro atoms. The van der Waals surface area contributed by atoms with Gasteiger partial charge in [0.25, 0.3) is 6.01 Å². The van der Waals surface area contributed by atoms with Gasteiger partial charge in [-0.15, -0.1) is 0 Å². The third kappa shape index (κ3) is 3.97. The molecule has 4 atom stereocenters. The summed E-state index contributed by atoms with van der Waals surface area (Å²) in [5.41, 5.74) is 1.96. The van der Waals surface area contributed by atoms with Gasteiger partial charge in [0.05, 0.1) is 32.2 Å². The first-order chi connectivity index (χ1) is 17.5. The lowest BCUT2D eigenvalue weighted by molar-refractivity contribution is -0.0640. The number of benzene rings is 3. The van der Waals surface area contributed by atoms with Crippen molar-refractivity contribution >= 4 is 46.2 Å². The second-order valence-corrected chi connectivity index (χ2v) is 9.18. The average molecular weight is 525 g/mol. The third-order valence-corrected chi connectivity index (χ3v) is 6.84. The Morgan fingerprint density at radius 2 is 1.56 bits per heavy atom. The number of nitrogens with zero attached hydrogens (tertiary/aromatic N) is 2. The van der Waals surface area contributed by atoms with E-state index in [1.165, 1.54) is 0 Å². The summed E-state index contributed by atoms with van der Waals surface area (Å²) in [4.78, 5) is 29.9. The smallest absolute Gasteiger partial charge is 0.338 e. The van der Waals surface area contributed by atoms with Crippen molar-refractivity contribution in [2.75, 3.05) is 6.61 Å². The maximum Gasteiger partial charge on any atom is 0.338 e. The Labute approximate surface area is 215 Å². The SMILES string of the molecule is O=C(OC[C@@H]1O[C@H]2[C@H](OC(=O)c3ccccc3)[C@@H]1Oc1nc3cc(Cl)c(Cl)cc3n12)c1ccccc1. The molecule has 0 unspecified atom stereocenters. The summed E-state index contributed by atoms with van der Waals surface area (Å²) >= 11 is 12.4. The van der Waals surface area contributed by atoms with Gasteiger partial charge in [-0.2, -0.15) is 4.98 Å². The lowest BCUT2D eigenvalue weighted by Crippen LogP contribution is -2.45. The number of aromatic nitrogens is 2.